The van der Waals surface area contributed by atoms with Crippen LogP contribution in [0.3, 0.4) is 0 Å². The summed E-state index contributed by atoms with van der Waals surface area (Å²) in [6.07, 6.45) is 2.85. The summed E-state index contributed by atoms with van der Waals surface area (Å²) in [6, 6.07) is 2.21. The molecule has 1 saturated carbocycles. The number of nitrogens with one attached hydrogen (secondary N) is 1. The van der Waals surface area contributed by atoms with Crippen LogP contribution >= 0.6 is 0 Å². The molecule has 2 heteroatoms. The van der Waals surface area contributed by atoms with Crippen LogP contribution in [0.15, 0.2) is 0 Å². The van der Waals surface area contributed by atoms with Gasteiger partial charge in [0.05, 0.1) is 0 Å². The molecule has 0 aromatic carbocycles. The molecule has 0 unspecified atom stereocenters. The number of rotatable bonds is 2. The Hall–Kier alpha value is -0.0800. The molecular weight excluding hydrogens is 160 g/mol. The number of hydrazine groups is 1. The van der Waals surface area contributed by atoms with E-state index >= 15 is 0 Å². The average molecular weight is 184 g/mol. The van der Waals surface area contributed by atoms with Crippen LogP contribution in [-0.4, -0.2) is 23.1 Å². The van der Waals surface area contributed by atoms with Gasteiger partial charge >= 0.3 is 0 Å². The fourth-order valence-electron chi connectivity index (χ4n) is 2.80. The summed E-state index contributed by atoms with van der Waals surface area (Å²) >= 11 is 0. The van der Waals surface area contributed by atoms with Crippen LogP contribution in [0, 0.1) is 11.8 Å². The molecule has 0 aromatic rings. The maximum absolute atomic E-state index is 3.69. The molecule has 2 heterocycles. The molecule has 2 nitrogen and oxygen atoms in total. The molecule has 0 spiro atoms. The first-order valence-corrected chi connectivity index (χ1v) is 5.64. The van der Waals surface area contributed by atoms with Gasteiger partial charge in [-0.2, -0.15) is 0 Å². The highest BCUT2D eigenvalue weighted by molar-refractivity contribution is 4.99. The summed E-state index contributed by atoms with van der Waals surface area (Å²) < 4.78 is 0. The molecule has 1 atom stereocenters. The van der Waals surface area contributed by atoms with Crippen LogP contribution in [0.2, 0.25) is 0 Å². The molecule has 2 aliphatic heterocycles. The van der Waals surface area contributed by atoms with Gasteiger partial charge in [0.25, 0.3) is 0 Å². The minimum atomic E-state index is 0. The SMILES string of the molecule is CC(C)[C@H]1NN(C(C)C)C2CC1C2.[HH]. The zero-order valence-electron chi connectivity index (χ0n) is 9.25. The molecule has 0 amide bonds. The molecule has 3 rings (SSSR count). The Labute approximate surface area is 83.1 Å². The Morgan fingerprint density at radius 3 is 2.31 bits per heavy atom. The molecule has 3 aliphatic rings. The predicted octanol–water partition coefficient (Wildman–Crippen LogP) is 2.26. The van der Waals surface area contributed by atoms with Crippen molar-refractivity contribution in [3.63, 3.8) is 0 Å². The highest BCUT2D eigenvalue weighted by atomic mass is 15.6. The molecule has 1 aliphatic carbocycles. The molecule has 0 radical (unpaired) electrons. The van der Waals surface area contributed by atoms with Crippen molar-refractivity contribution in [3.05, 3.63) is 0 Å². The fraction of sp³-hybridized carbons (Fsp3) is 1.00. The van der Waals surface area contributed by atoms with Crippen LogP contribution in [0.5, 0.6) is 0 Å². The lowest BCUT2D eigenvalue weighted by Gasteiger charge is -2.56. The van der Waals surface area contributed by atoms with Gasteiger partial charge in [-0.3, -0.25) is 5.43 Å². The summed E-state index contributed by atoms with van der Waals surface area (Å²) in [5.41, 5.74) is 3.69. The third-order valence-electron chi connectivity index (χ3n) is 3.62. The third-order valence-corrected chi connectivity index (χ3v) is 3.62. The topological polar surface area (TPSA) is 15.3 Å². The number of hydrogen-bond donors (Lipinski definition) is 1. The van der Waals surface area contributed by atoms with E-state index in [9.17, 15) is 0 Å². The Kier molecular flexibility index (Phi) is 2.37. The van der Waals surface area contributed by atoms with Crippen molar-refractivity contribution in [2.45, 2.75) is 58.7 Å². The van der Waals surface area contributed by atoms with Crippen molar-refractivity contribution in [3.8, 4) is 0 Å². The second-order valence-corrected chi connectivity index (χ2v) is 5.29. The Bertz CT molecular complexity index is 170. The van der Waals surface area contributed by atoms with Gasteiger partial charge in [-0.1, -0.05) is 13.8 Å². The normalized spacial score (nSPS) is 39.7. The Morgan fingerprint density at radius 2 is 1.85 bits per heavy atom. The molecule has 2 saturated heterocycles. The van der Waals surface area contributed by atoms with Crippen LogP contribution in [0.25, 0.3) is 0 Å². The summed E-state index contributed by atoms with van der Waals surface area (Å²) in [7, 11) is 0. The Morgan fingerprint density at radius 1 is 1.23 bits per heavy atom. The van der Waals surface area contributed by atoms with Gasteiger partial charge in [0.2, 0.25) is 0 Å². The summed E-state index contributed by atoms with van der Waals surface area (Å²) in [4.78, 5) is 0. The van der Waals surface area contributed by atoms with E-state index in [-0.39, 0.29) is 1.43 Å². The van der Waals surface area contributed by atoms with Crippen molar-refractivity contribution < 1.29 is 1.43 Å². The van der Waals surface area contributed by atoms with Crippen LogP contribution in [-0.2, 0) is 0 Å². The monoisotopic (exact) mass is 184 g/mol. The largest absolute Gasteiger partial charge is 0.251 e. The minimum absolute atomic E-state index is 0. The van der Waals surface area contributed by atoms with E-state index < -0.39 is 0 Å². The molecule has 3 fully saturated rings. The van der Waals surface area contributed by atoms with E-state index in [0.29, 0.717) is 6.04 Å². The Balaban J connectivity index is 0.000000980. The second-order valence-electron chi connectivity index (χ2n) is 5.29. The minimum Gasteiger partial charge on any atom is -0.251 e. The maximum Gasteiger partial charge on any atom is 0.0267 e. The second kappa shape index (κ2) is 3.25. The van der Waals surface area contributed by atoms with Crippen molar-refractivity contribution in [1.82, 2.24) is 10.4 Å². The standard InChI is InChI=1S/C11H22N2.H2/c1-7(2)11-9-5-10(6-9)13(12-11)8(3)4;/h7-12H,5-6H2,1-4H3;1H/t9?,10?,11-;/m1./s1. The number of fused-ring (bicyclic) bond motifs is 2. The average Bonchev–Trinajstić information content (AvgIpc) is 2.01. The van der Waals surface area contributed by atoms with Gasteiger partial charge < -0.3 is 0 Å². The molecule has 0 aromatic heterocycles. The lowest BCUT2D eigenvalue weighted by Crippen LogP contribution is -2.68. The highest BCUT2D eigenvalue weighted by Crippen LogP contribution is 2.41. The fourth-order valence-corrected chi connectivity index (χ4v) is 2.80. The van der Waals surface area contributed by atoms with Gasteiger partial charge in [0.1, 0.15) is 0 Å². The van der Waals surface area contributed by atoms with Gasteiger partial charge in [-0.25, -0.2) is 5.01 Å². The lowest BCUT2D eigenvalue weighted by molar-refractivity contribution is -0.0937. The molecule has 2 bridgehead atoms. The number of nitrogens with zero attached hydrogens (tertiary/aromatic N) is 1. The third kappa shape index (κ3) is 1.50. The zero-order valence-corrected chi connectivity index (χ0v) is 9.25. The van der Waals surface area contributed by atoms with E-state index in [4.69, 9.17) is 0 Å². The van der Waals surface area contributed by atoms with Crippen LogP contribution < -0.4 is 5.43 Å². The maximum atomic E-state index is 3.69. The lowest BCUT2D eigenvalue weighted by atomic mass is 9.70. The van der Waals surface area contributed by atoms with Crippen LogP contribution in [0.4, 0.5) is 0 Å². The van der Waals surface area contributed by atoms with E-state index in [1.54, 1.807) is 0 Å². The first kappa shape index (κ1) is 9.47. The molecule has 78 valence electrons. The summed E-state index contributed by atoms with van der Waals surface area (Å²) in [5.74, 6) is 1.73. The number of hydrogen-bond acceptors (Lipinski definition) is 2. The van der Waals surface area contributed by atoms with Crippen molar-refractivity contribution in [2.75, 3.05) is 0 Å². The van der Waals surface area contributed by atoms with Gasteiger partial charge in [0.15, 0.2) is 0 Å². The summed E-state index contributed by atoms with van der Waals surface area (Å²) in [5, 5.41) is 2.48. The van der Waals surface area contributed by atoms with E-state index in [1.807, 2.05) is 0 Å². The van der Waals surface area contributed by atoms with Gasteiger partial charge in [0, 0.05) is 19.6 Å². The highest BCUT2D eigenvalue weighted by Gasteiger charge is 2.46. The van der Waals surface area contributed by atoms with Crippen molar-refractivity contribution >= 4 is 0 Å². The van der Waals surface area contributed by atoms with Crippen molar-refractivity contribution in [1.29, 1.82) is 0 Å². The molecular formula is C11H24N2. The summed E-state index contributed by atoms with van der Waals surface area (Å²) in [6.45, 7) is 9.22. The first-order valence-electron chi connectivity index (χ1n) is 5.64. The van der Waals surface area contributed by atoms with E-state index in [0.717, 1.165) is 23.9 Å². The predicted molar refractivity (Wildman–Crippen MR) is 57.4 cm³/mol. The van der Waals surface area contributed by atoms with Gasteiger partial charge in [-0.05, 0) is 38.5 Å². The van der Waals surface area contributed by atoms with E-state index in [1.165, 1.54) is 12.8 Å². The first-order chi connectivity index (χ1) is 6.09. The molecule has 1 N–H and O–H groups in total. The van der Waals surface area contributed by atoms with Crippen molar-refractivity contribution in [2.24, 2.45) is 11.8 Å². The van der Waals surface area contributed by atoms with E-state index in [2.05, 4.69) is 38.1 Å². The smallest absolute Gasteiger partial charge is 0.0267 e. The molecule has 13 heavy (non-hydrogen) atoms. The van der Waals surface area contributed by atoms with Crippen LogP contribution in [0.1, 0.15) is 42.0 Å². The quantitative estimate of drug-likeness (QED) is 0.708. The van der Waals surface area contributed by atoms with Gasteiger partial charge in [-0.15, -0.1) is 0 Å². The zero-order chi connectivity index (χ0) is 9.59.